The predicted molar refractivity (Wildman–Crippen MR) is 62.4 cm³/mol. The summed E-state index contributed by atoms with van der Waals surface area (Å²) in [4.78, 5) is 38.7. The molecule has 2 heterocycles. The lowest BCUT2D eigenvalue weighted by Crippen LogP contribution is -2.51. The SMILES string of the molecule is O=C1CN(C(=O)C2CC(=O)N(C3CC3)C2)CCN1. The topological polar surface area (TPSA) is 69.7 Å². The maximum absolute atomic E-state index is 12.2. The molecule has 3 aliphatic rings. The molecule has 3 amide bonds. The minimum Gasteiger partial charge on any atom is -0.353 e. The first kappa shape index (κ1) is 11.5. The number of hydrogen-bond donors (Lipinski definition) is 1. The van der Waals surface area contributed by atoms with Crippen LogP contribution in [0.15, 0.2) is 0 Å². The number of carbonyl (C=O) groups is 3. The van der Waals surface area contributed by atoms with E-state index in [-0.39, 0.29) is 30.2 Å². The number of hydrogen-bond acceptors (Lipinski definition) is 3. The van der Waals surface area contributed by atoms with Crippen LogP contribution < -0.4 is 5.32 Å². The van der Waals surface area contributed by atoms with Crippen LogP contribution in [-0.2, 0) is 14.4 Å². The highest BCUT2D eigenvalue weighted by atomic mass is 16.2. The van der Waals surface area contributed by atoms with Gasteiger partial charge in [0.25, 0.3) is 0 Å². The molecule has 6 heteroatoms. The van der Waals surface area contributed by atoms with Crippen molar-refractivity contribution in [2.75, 3.05) is 26.2 Å². The fraction of sp³-hybridized carbons (Fsp3) is 0.750. The van der Waals surface area contributed by atoms with Crippen molar-refractivity contribution in [1.82, 2.24) is 15.1 Å². The van der Waals surface area contributed by atoms with Crippen LogP contribution in [0, 0.1) is 5.92 Å². The number of rotatable bonds is 2. The Morgan fingerprint density at radius 1 is 1.28 bits per heavy atom. The fourth-order valence-electron chi connectivity index (χ4n) is 2.72. The minimum atomic E-state index is -0.246. The number of nitrogens with one attached hydrogen (secondary N) is 1. The molecule has 0 aromatic heterocycles. The van der Waals surface area contributed by atoms with E-state index in [9.17, 15) is 14.4 Å². The largest absolute Gasteiger partial charge is 0.353 e. The lowest BCUT2D eigenvalue weighted by Gasteiger charge is -2.28. The van der Waals surface area contributed by atoms with E-state index in [1.807, 2.05) is 4.90 Å². The second-order valence-electron chi connectivity index (χ2n) is 5.29. The highest BCUT2D eigenvalue weighted by Crippen LogP contribution is 2.33. The normalized spacial score (nSPS) is 28.6. The standard InChI is InChI=1S/C12H17N3O3/c16-10-7-14(4-3-13-10)12(18)8-5-11(17)15(6-8)9-1-2-9/h8-9H,1-7H2,(H,13,16). The van der Waals surface area contributed by atoms with Gasteiger partial charge in [-0.3, -0.25) is 14.4 Å². The molecule has 0 aromatic rings. The third-order valence-corrected chi connectivity index (χ3v) is 3.85. The maximum Gasteiger partial charge on any atom is 0.239 e. The van der Waals surface area contributed by atoms with E-state index in [2.05, 4.69) is 5.32 Å². The Labute approximate surface area is 105 Å². The van der Waals surface area contributed by atoms with Gasteiger partial charge in [-0.05, 0) is 12.8 Å². The van der Waals surface area contributed by atoms with E-state index >= 15 is 0 Å². The molecule has 1 N–H and O–H groups in total. The van der Waals surface area contributed by atoms with Crippen LogP contribution in [0.3, 0.4) is 0 Å². The van der Waals surface area contributed by atoms with E-state index in [1.54, 1.807) is 4.90 Å². The molecular weight excluding hydrogens is 234 g/mol. The van der Waals surface area contributed by atoms with E-state index in [0.717, 1.165) is 12.8 Å². The van der Waals surface area contributed by atoms with Gasteiger partial charge in [0.2, 0.25) is 17.7 Å². The molecule has 2 saturated heterocycles. The zero-order valence-electron chi connectivity index (χ0n) is 10.2. The lowest BCUT2D eigenvalue weighted by atomic mass is 10.1. The third kappa shape index (κ3) is 2.07. The van der Waals surface area contributed by atoms with Crippen LogP contribution in [0.5, 0.6) is 0 Å². The van der Waals surface area contributed by atoms with Gasteiger partial charge in [0, 0.05) is 32.1 Å². The molecule has 0 bridgehead atoms. The van der Waals surface area contributed by atoms with Crippen molar-refractivity contribution in [3.05, 3.63) is 0 Å². The quantitative estimate of drug-likeness (QED) is 0.681. The van der Waals surface area contributed by atoms with Crippen LogP contribution in [0.25, 0.3) is 0 Å². The summed E-state index contributed by atoms with van der Waals surface area (Å²) in [6.07, 6.45) is 2.45. The summed E-state index contributed by atoms with van der Waals surface area (Å²) in [5.41, 5.74) is 0. The molecule has 1 saturated carbocycles. The monoisotopic (exact) mass is 251 g/mol. The molecule has 18 heavy (non-hydrogen) atoms. The van der Waals surface area contributed by atoms with Gasteiger partial charge in [-0.1, -0.05) is 0 Å². The van der Waals surface area contributed by atoms with Crippen molar-refractivity contribution in [2.24, 2.45) is 5.92 Å². The summed E-state index contributed by atoms with van der Waals surface area (Å²) in [5.74, 6) is -0.305. The van der Waals surface area contributed by atoms with E-state index < -0.39 is 0 Å². The Kier molecular flexibility index (Phi) is 2.72. The molecule has 6 nitrogen and oxygen atoms in total. The molecule has 1 aliphatic carbocycles. The molecule has 0 spiro atoms. The second-order valence-corrected chi connectivity index (χ2v) is 5.29. The molecule has 0 radical (unpaired) electrons. The lowest BCUT2D eigenvalue weighted by molar-refractivity contribution is -0.141. The van der Waals surface area contributed by atoms with Gasteiger partial charge in [-0.25, -0.2) is 0 Å². The first-order valence-corrected chi connectivity index (χ1v) is 6.50. The summed E-state index contributed by atoms with van der Waals surface area (Å²) >= 11 is 0. The number of piperazine rings is 1. The zero-order valence-corrected chi connectivity index (χ0v) is 10.2. The Balaban J connectivity index is 1.62. The van der Waals surface area contributed by atoms with Gasteiger partial charge < -0.3 is 15.1 Å². The molecule has 1 unspecified atom stereocenters. The highest BCUT2D eigenvalue weighted by Gasteiger charge is 2.43. The van der Waals surface area contributed by atoms with E-state index in [1.165, 1.54) is 0 Å². The summed E-state index contributed by atoms with van der Waals surface area (Å²) < 4.78 is 0. The third-order valence-electron chi connectivity index (χ3n) is 3.85. The molecule has 98 valence electrons. The van der Waals surface area contributed by atoms with Crippen LogP contribution in [-0.4, -0.2) is 59.7 Å². The number of carbonyl (C=O) groups excluding carboxylic acids is 3. The Morgan fingerprint density at radius 2 is 2.06 bits per heavy atom. The minimum absolute atomic E-state index is 0.0404. The molecule has 3 rings (SSSR count). The maximum atomic E-state index is 12.2. The van der Waals surface area contributed by atoms with Crippen molar-refractivity contribution in [1.29, 1.82) is 0 Å². The van der Waals surface area contributed by atoms with Gasteiger partial charge in [-0.2, -0.15) is 0 Å². The highest BCUT2D eigenvalue weighted by molar-refractivity contribution is 5.92. The Morgan fingerprint density at radius 3 is 2.72 bits per heavy atom. The summed E-state index contributed by atoms with van der Waals surface area (Å²) in [6, 6.07) is 0.375. The first-order valence-electron chi connectivity index (χ1n) is 6.50. The van der Waals surface area contributed by atoms with Crippen molar-refractivity contribution in [3.63, 3.8) is 0 Å². The summed E-state index contributed by atoms with van der Waals surface area (Å²) in [5, 5.41) is 2.69. The molecule has 2 aliphatic heterocycles. The second kappa shape index (κ2) is 4.26. The van der Waals surface area contributed by atoms with Gasteiger partial charge in [0.15, 0.2) is 0 Å². The van der Waals surface area contributed by atoms with E-state index in [4.69, 9.17) is 0 Å². The van der Waals surface area contributed by atoms with Crippen molar-refractivity contribution < 1.29 is 14.4 Å². The van der Waals surface area contributed by atoms with Gasteiger partial charge >= 0.3 is 0 Å². The molecule has 0 aromatic carbocycles. The van der Waals surface area contributed by atoms with Gasteiger partial charge in [0.05, 0.1) is 12.5 Å². The van der Waals surface area contributed by atoms with Crippen LogP contribution in [0.4, 0.5) is 0 Å². The Bertz CT molecular complexity index is 405. The van der Waals surface area contributed by atoms with E-state index in [0.29, 0.717) is 32.1 Å². The van der Waals surface area contributed by atoms with Gasteiger partial charge in [0.1, 0.15) is 0 Å². The first-order chi connectivity index (χ1) is 8.65. The molecule has 3 fully saturated rings. The predicted octanol–water partition coefficient (Wildman–Crippen LogP) is -1.04. The van der Waals surface area contributed by atoms with Gasteiger partial charge in [-0.15, -0.1) is 0 Å². The van der Waals surface area contributed by atoms with Crippen molar-refractivity contribution in [2.45, 2.75) is 25.3 Å². The summed E-state index contributed by atoms with van der Waals surface area (Å²) in [7, 11) is 0. The van der Waals surface area contributed by atoms with Crippen LogP contribution in [0.1, 0.15) is 19.3 Å². The molecule has 1 atom stereocenters. The van der Waals surface area contributed by atoms with Crippen LogP contribution >= 0.6 is 0 Å². The number of nitrogens with zero attached hydrogens (tertiary/aromatic N) is 2. The number of amides is 3. The fourth-order valence-corrected chi connectivity index (χ4v) is 2.72. The smallest absolute Gasteiger partial charge is 0.239 e. The average molecular weight is 251 g/mol. The number of likely N-dealkylation sites (tertiary alicyclic amines) is 1. The van der Waals surface area contributed by atoms with Crippen molar-refractivity contribution >= 4 is 17.7 Å². The Hall–Kier alpha value is -1.59. The molecular formula is C12H17N3O3. The van der Waals surface area contributed by atoms with Crippen molar-refractivity contribution in [3.8, 4) is 0 Å². The van der Waals surface area contributed by atoms with Crippen LogP contribution in [0.2, 0.25) is 0 Å². The zero-order chi connectivity index (χ0) is 12.7. The summed E-state index contributed by atoms with van der Waals surface area (Å²) in [6.45, 7) is 1.74. The average Bonchev–Trinajstić information content (AvgIpc) is 3.12.